The number of carbonyl (C=O) groups is 3. The van der Waals surface area contributed by atoms with Crippen LogP contribution in [0, 0.1) is 0 Å². The third-order valence-corrected chi connectivity index (χ3v) is 3.69. The summed E-state index contributed by atoms with van der Waals surface area (Å²) in [6.45, 7) is 3.78. The van der Waals surface area contributed by atoms with Crippen LogP contribution in [0.25, 0.3) is 0 Å². The molecule has 0 aliphatic carbocycles. The van der Waals surface area contributed by atoms with Crippen molar-refractivity contribution >= 4 is 23.5 Å². The van der Waals surface area contributed by atoms with Crippen molar-refractivity contribution in [2.75, 3.05) is 5.32 Å². The van der Waals surface area contributed by atoms with Crippen molar-refractivity contribution in [2.45, 2.75) is 32.7 Å². The second-order valence-corrected chi connectivity index (χ2v) is 6.26. The molecule has 2 rings (SSSR count). The van der Waals surface area contributed by atoms with E-state index in [-0.39, 0.29) is 29.8 Å². The molecule has 0 bridgehead atoms. The van der Waals surface area contributed by atoms with Crippen molar-refractivity contribution < 1.29 is 19.5 Å². The molecule has 0 radical (unpaired) electrons. The Bertz CT molecular complexity index is 780. The molecule has 0 aliphatic heterocycles. The Kier molecular flexibility index (Phi) is 6.49. The lowest BCUT2D eigenvalue weighted by atomic mass is 10.1. The van der Waals surface area contributed by atoms with Crippen LogP contribution in [-0.2, 0) is 11.2 Å². The van der Waals surface area contributed by atoms with Gasteiger partial charge in [0, 0.05) is 23.7 Å². The quantitative estimate of drug-likeness (QED) is 0.712. The molecule has 6 nitrogen and oxygen atoms in total. The zero-order valence-electron chi connectivity index (χ0n) is 14.8. The molecule has 0 spiro atoms. The summed E-state index contributed by atoms with van der Waals surface area (Å²) in [7, 11) is 0. The van der Waals surface area contributed by atoms with E-state index in [0.29, 0.717) is 17.7 Å². The summed E-state index contributed by atoms with van der Waals surface area (Å²) in [4.78, 5) is 34.7. The van der Waals surface area contributed by atoms with Gasteiger partial charge in [0.1, 0.15) is 0 Å². The third kappa shape index (κ3) is 5.73. The Morgan fingerprint density at radius 1 is 0.923 bits per heavy atom. The maximum atomic E-state index is 12.0. The highest BCUT2D eigenvalue weighted by Crippen LogP contribution is 2.12. The minimum Gasteiger partial charge on any atom is -0.478 e. The number of carboxylic acid groups (broad SMARTS) is 1. The Morgan fingerprint density at radius 3 is 2.04 bits per heavy atom. The molecule has 2 aromatic rings. The lowest BCUT2D eigenvalue weighted by Gasteiger charge is -2.09. The van der Waals surface area contributed by atoms with Crippen LogP contribution in [0.5, 0.6) is 0 Å². The number of nitrogens with one attached hydrogen (secondary N) is 2. The maximum Gasteiger partial charge on any atom is 0.335 e. The van der Waals surface area contributed by atoms with E-state index in [4.69, 9.17) is 5.11 Å². The highest BCUT2D eigenvalue weighted by atomic mass is 16.4. The molecular weight excluding hydrogens is 332 g/mol. The van der Waals surface area contributed by atoms with E-state index in [0.717, 1.165) is 5.56 Å². The number of hydrogen-bond acceptors (Lipinski definition) is 3. The summed E-state index contributed by atoms with van der Waals surface area (Å²) in [5, 5.41) is 14.5. The molecule has 0 heterocycles. The minimum absolute atomic E-state index is 0.0615. The first-order chi connectivity index (χ1) is 12.3. The Labute approximate surface area is 152 Å². The average molecular weight is 354 g/mol. The maximum absolute atomic E-state index is 12.0. The van der Waals surface area contributed by atoms with E-state index in [2.05, 4.69) is 10.6 Å². The van der Waals surface area contributed by atoms with Crippen LogP contribution < -0.4 is 10.6 Å². The summed E-state index contributed by atoms with van der Waals surface area (Å²) < 4.78 is 0. The van der Waals surface area contributed by atoms with Gasteiger partial charge in [0.15, 0.2) is 0 Å². The number of aromatic carboxylic acids is 1. The smallest absolute Gasteiger partial charge is 0.335 e. The van der Waals surface area contributed by atoms with E-state index in [1.807, 2.05) is 13.8 Å². The van der Waals surface area contributed by atoms with Gasteiger partial charge in [-0.3, -0.25) is 9.59 Å². The number of rotatable bonds is 7. The molecule has 136 valence electrons. The second-order valence-electron chi connectivity index (χ2n) is 6.26. The van der Waals surface area contributed by atoms with Crippen molar-refractivity contribution in [1.29, 1.82) is 0 Å². The number of aryl methyl sites for hydroxylation is 1. The Morgan fingerprint density at radius 2 is 1.50 bits per heavy atom. The van der Waals surface area contributed by atoms with Crippen LogP contribution >= 0.6 is 0 Å². The molecule has 2 aromatic carbocycles. The van der Waals surface area contributed by atoms with Crippen LogP contribution in [0.3, 0.4) is 0 Å². The molecule has 0 aliphatic rings. The van der Waals surface area contributed by atoms with Crippen molar-refractivity contribution in [3.05, 3.63) is 65.2 Å². The summed E-state index contributed by atoms with van der Waals surface area (Å²) in [6.07, 6.45) is 0.794. The van der Waals surface area contributed by atoms with E-state index < -0.39 is 5.97 Å². The number of hydrogen-bond donors (Lipinski definition) is 3. The van der Waals surface area contributed by atoms with Crippen LogP contribution in [0.2, 0.25) is 0 Å². The highest BCUT2D eigenvalue weighted by Gasteiger charge is 2.08. The molecule has 0 fully saturated rings. The highest BCUT2D eigenvalue weighted by molar-refractivity contribution is 5.96. The first-order valence-corrected chi connectivity index (χ1v) is 8.38. The predicted octanol–water partition coefficient (Wildman–Crippen LogP) is 3.09. The van der Waals surface area contributed by atoms with E-state index >= 15 is 0 Å². The fourth-order valence-electron chi connectivity index (χ4n) is 2.35. The lowest BCUT2D eigenvalue weighted by molar-refractivity contribution is -0.116. The third-order valence-electron chi connectivity index (χ3n) is 3.69. The van der Waals surface area contributed by atoms with Crippen LogP contribution in [0.15, 0.2) is 48.5 Å². The fourth-order valence-corrected chi connectivity index (χ4v) is 2.35. The zero-order valence-corrected chi connectivity index (χ0v) is 14.8. The molecule has 0 saturated heterocycles. The number of anilines is 1. The zero-order chi connectivity index (χ0) is 19.1. The topological polar surface area (TPSA) is 95.5 Å². The standard InChI is InChI=1S/C20H22N2O4/c1-13(2)21-19(24)15-8-10-17(11-9-15)22-18(23)12-5-14-3-6-16(7-4-14)20(25)26/h3-4,6-11,13H,5,12H2,1-2H3,(H,21,24)(H,22,23)(H,25,26). The van der Waals surface area contributed by atoms with Gasteiger partial charge in [0.05, 0.1) is 5.56 Å². The second kappa shape index (κ2) is 8.80. The Hall–Kier alpha value is -3.15. The molecule has 3 N–H and O–H groups in total. The van der Waals surface area contributed by atoms with Crippen LogP contribution in [-0.4, -0.2) is 28.9 Å². The van der Waals surface area contributed by atoms with E-state index in [1.165, 1.54) is 12.1 Å². The van der Waals surface area contributed by atoms with Gasteiger partial charge in [0.2, 0.25) is 5.91 Å². The monoisotopic (exact) mass is 354 g/mol. The molecule has 0 saturated carbocycles. The van der Waals surface area contributed by atoms with Gasteiger partial charge < -0.3 is 15.7 Å². The largest absolute Gasteiger partial charge is 0.478 e. The van der Waals surface area contributed by atoms with Crippen LogP contribution in [0.1, 0.15) is 46.5 Å². The first-order valence-electron chi connectivity index (χ1n) is 8.38. The van der Waals surface area contributed by atoms with Crippen molar-refractivity contribution in [3.8, 4) is 0 Å². The van der Waals surface area contributed by atoms with Crippen molar-refractivity contribution in [3.63, 3.8) is 0 Å². The van der Waals surface area contributed by atoms with E-state index in [9.17, 15) is 14.4 Å². The SMILES string of the molecule is CC(C)NC(=O)c1ccc(NC(=O)CCc2ccc(C(=O)O)cc2)cc1. The first kappa shape index (κ1) is 19.2. The molecule has 0 unspecified atom stereocenters. The van der Waals surface area contributed by atoms with Crippen LogP contribution in [0.4, 0.5) is 5.69 Å². The van der Waals surface area contributed by atoms with Gasteiger partial charge in [-0.15, -0.1) is 0 Å². The molecule has 26 heavy (non-hydrogen) atoms. The van der Waals surface area contributed by atoms with E-state index in [1.54, 1.807) is 36.4 Å². The molecule has 6 heteroatoms. The van der Waals surface area contributed by atoms with Gasteiger partial charge in [-0.2, -0.15) is 0 Å². The van der Waals surface area contributed by atoms with Gasteiger partial charge in [-0.1, -0.05) is 12.1 Å². The predicted molar refractivity (Wildman–Crippen MR) is 99.4 cm³/mol. The summed E-state index contributed by atoms with van der Waals surface area (Å²) >= 11 is 0. The van der Waals surface area contributed by atoms with Gasteiger partial charge in [-0.25, -0.2) is 4.79 Å². The summed E-state index contributed by atoms with van der Waals surface area (Å²) in [5.74, 6) is -1.27. The normalized spacial score (nSPS) is 10.4. The average Bonchev–Trinajstić information content (AvgIpc) is 2.60. The molecule has 2 amide bonds. The summed E-state index contributed by atoms with van der Waals surface area (Å²) in [5.41, 5.74) is 2.28. The van der Waals surface area contributed by atoms with Gasteiger partial charge in [0.25, 0.3) is 5.91 Å². The van der Waals surface area contributed by atoms with Crippen molar-refractivity contribution in [1.82, 2.24) is 5.32 Å². The molecule has 0 aromatic heterocycles. The number of carboxylic acids is 1. The van der Waals surface area contributed by atoms with Crippen molar-refractivity contribution in [2.24, 2.45) is 0 Å². The minimum atomic E-state index is -0.972. The lowest BCUT2D eigenvalue weighted by Crippen LogP contribution is -2.30. The van der Waals surface area contributed by atoms with Gasteiger partial charge >= 0.3 is 5.97 Å². The number of amides is 2. The summed E-state index contributed by atoms with van der Waals surface area (Å²) in [6, 6.07) is 13.2. The van der Waals surface area contributed by atoms with Gasteiger partial charge in [-0.05, 0) is 62.2 Å². The number of benzene rings is 2. The molecule has 0 atom stereocenters. The Balaban J connectivity index is 1.85. The molecular formula is C20H22N2O4. The number of carbonyl (C=O) groups excluding carboxylic acids is 2. The fraction of sp³-hybridized carbons (Fsp3) is 0.250.